The summed E-state index contributed by atoms with van der Waals surface area (Å²) in [6.07, 6.45) is 3.03. The van der Waals surface area contributed by atoms with Crippen molar-refractivity contribution < 1.29 is 9.53 Å². The molecule has 1 unspecified atom stereocenters. The first-order valence-electron chi connectivity index (χ1n) is 5.67. The van der Waals surface area contributed by atoms with Crippen LogP contribution in [0.5, 0.6) is 5.75 Å². The van der Waals surface area contributed by atoms with Crippen LogP contribution in [0, 0.1) is 0 Å². The monoisotopic (exact) mass is 245 g/mol. The second-order valence-electron chi connectivity index (χ2n) is 3.96. The maximum absolute atomic E-state index is 11.7. The number of hydrogen-bond acceptors (Lipinski definition) is 3. The molecular weight excluding hydrogens is 230 g/mol. The van der Waals surface area contributed by atoms with Crippen LogP contribution in [-0.2, 0) is 7.05 Å². The van der Waals surface area contributed by atoms with Crippen molar-refractivity contribution in [1.29, 1.82) is 0 Å². The summed E-state index contributed by atoms with van der Waals surface area (Å²) in [6, 6.07) is 8.73. The Morgan fingerprint density at radius 1 is 1.39 bits per heavy atom. The van der Waals surface area contributed by atoms with Gasteiger partial charge in [0.25, 0.3) is 0 Å². The molecule has 1 aromatic heterocycles. The summed E-state index contributed by atoms with van der Waals surface area (Å²) in [5.41, 5.74) is 0. The zero-order valence-corrected chi connectivity index (χ0v) is 10.3. The minimum absolute atomic E-state index is 0.207. The molecule has 1 N–H and O–H groups in total. The molecule has 1 amide bonds. The Bertz CT molecular complexity index is 522. The lowest BCUT2D eigenvalue weighted by Crippen LogP contribution is -2.30. The molecule has 0 aliphatic carbocycles. The third-order valence-electron chi connectivity index (χ3n) is 2.53. The molecule has 0 aliphatic heterocycles. The molecule has 0 bridgehead atoms. The molecule has 1 aromatic carbocycles. The number of nitrogens with zero attached hydrogens (tertiary/aromatic N) is 2. The number of carbonyl (C=O) groups excluding carboxylic acids is 1. The highest BCUT2D eigenvalue weighted by molar-refractivity contribution is 5.70. The van der Waals surface area contributed by atoms with E-state index < -0.39 is 6.09 Å². The van der Waals surface area contributed by atoms with E-state index in [1.807, 2.05) is 42.9 Å². The quantitative estimate of drug-likeness (QED) is 0.902. The summed E-state index contributed by atoms with van der Waals surface area (Å²) >= 11 is 0. The number of benzene rings is 1. The van der Waals surface area contributed by atoms with E-state index in [2.05, 4.69) is 10.3 Å². The Hall–Kier alpha value is -2.30. The summed E-state index contributed by atoms with van der Waals surface area (Å²) in [6.45, 7) is 1.86. The van der Waals surface area contributed by atoms with E-state index >= 15 is 0 Å². The van der Waals surface area contributed by atoms with Gasteiger partial charge in [-0.25, -0.2) is 9.78 Å². The van der Waals surface area contributed by atoms with Gasteiger partial charge in [-0.1, -0.05) is 18.2 Å². The molecule has 0 spiro atoms. The molecule has 18 heavy (non-hydrogen) atoms. The van der Waals surface area contributed by atoms with E-state index in [4.69, 9.17) is 4.74 Å². The van der Waals surface area contributed by atoms with E-state index in [-0.39, 0.29) is 6.04 Å². The average molecular weight is 245 g/mol. The average Bonchev–Trinajstić information content (AvgIpc) is 2.76. The number of aromatic nitrogens is 2. The second kappa shape index (κ2) is 5.35. The van der Waals surface area contributed by atoms with Gasteiger partial charge in [0, 0.05) is 19.4 Å². The Morgan fingerprint density at radius 3 is 2.72 bits per heavy atom. The molecule has 0 aliphatic rings. The molecule has 0 saturated carbocycles. The number of aryl methyl sites for hydroxylation is 1. The highest BCUT2D eigenvalue weighted by Crippen LogP contribution is 2.11. The van der Waals surface area contributed by atoms with Crippen LogP contribution in [0.2, 0.25) is 0 Å². The second-order valence-corrected chi connectivity index (χ2v) is 3.96. The van der Waals surface area contributed by atoms with Crippen molar-refractivity contribution >= 4 is 6.09 Å². The molecule has 1 heterocycles. The van der Waals surface area contributed by atoms with E-state index in [0.29, 0.717) is 5.75 Å². The predicted molar refractivity (Wildman–Crippen MR) is 67.2 cm³/mol. The lowest BCUT2D eigenvalue weighted by atomic mass is 10.3. The Balaban J connectivity index is 1.94. The van der Waals surface area contributed by atoms with Gasteiger partial charge < -0.3 is 14.6 Å². The fraction of sp³-hybridized carbons (Fsp3) is 0.231. The number of hydrogen-bond donors (Lipinski definition) is 1. The van der Waals surface area contributed by atoms with Crippen LogP contribution in [0.15, 0.2) is 42.7 Å². The van der Waals surface area contributed by atoms with Crippen molar-refractivity contribution in [1.82, 2.24) is 14.9 Å². The summed E-state index contributed by atoms with van der Waals surface area (Å²) in [5, 5.41) is 2.73. The zero-order valence-electron chi connectivity index (χ0n) is 10.3. The maximum atomic E-state index is 11.7. The number of imidazole rings is 1. The number of amides is 1. The highest BCUT2D eigenvalue weighted by atomic mass is 16.6. The molecule has 5 heteroatoms. The van der Waals surface area contributed by atoms with Crippen molar-refractivity contribution in [2.75, 3.05) is 0 Å². The van der Waals surface area contributed by atoms with Gasteiger partial charge in [-0.15, -0.1) is 0 Å². The SMILES string of the molecule is CC(NC(=O)Oc1ccccc1)c1nccn1C. The lowest BCUT2D eigenvalue weighted by molar-refractivity contribution is 0.196. The van der Waals surface area contributed by atoms with Crippen LogP contribution in [0.25, 0.3) is 0 Å². The summed E-state index contributed by atoms with van der Waals surface area (Å²) in [4.78, 5) is 15.8. The summed E-state index contributed by atoms with van der Waals surface area (Å²) < 4.78 is 6.99. The molecule has 2 rings (SSSR count). The normalized spacial score (nSPS) is 11.9. The largest absolute Gasteiger partial charge is 0.413 e. The smallest absolute Gasteiger partial charge is 0.410 e. The fourth-order valence-electron chi connectivity index (χ4n) is 1.66. The fourth-order valence-corrected chi connectivity index (χ4v) is 1.66. The van der Waals surface area contributed by atoms with Crippen LogP contribution < -0.4 is 10.1 Å². The maximum Gasteiger partial charge on any atom is 0.413 e. The molecule has 94 valence electrons. The van der Waals surface area contributed by atoms with Crippen LogP contribution >= 0.6 is 0 Å². The number of para-hydroxylation sites is 1. The van der Waals surface area contributed by atoms with Gasteiger partial charge in [0.05, 0.1) is 6.04 Å². The van der Waals surface area contributed by atoms with Crippen molar-refractivity contribution in [3.63, 3.8) is 0 Å². The van der Waals surface area contributed by atoms with Crippen molar-refractivity contribution in [3.8, 4) is 5.75 Å². The minimum atomic E-state index is -0.489. The van der Waals surface area contributed by atoms with E-state index in [0.717, 1.165) is 5.82 Å². The van der Waals surface area contributed by atoms with Crippen molar-refractivity contribution in [2.45, 2.75) is 13.0 Å². The van der Waals surface area contributed by atoms with E-state index in [1.165, 1.54) is 0 Å². The number of ether oxygens (including phenoxy) is 1. The minimum Gasteiger partial charge on any atom is -0.410 e. The number of rotatable bonds is 3. The Labute approximate surface area is 105 Å². The number of nitrogens with one attached hydrogen (secondary N) is 1. The van der Waals surface area contributed by atoms with Crippen LogP contribution in [0.4, 0.5) is 4.79 Å². The van der Waals surface area contributed by atoms with Crippen molar-refractivity contribution in [2.24, 2.45) is 7.05 Å². The van der Waals surface area contributed by atoms with Crippen LogP contribution in [-0.4, -0.2) is 15.6 Å². The molecule has 2 aromatic rings. The first-order valence-corrected chi connectivity index (χ1v) is 5.67. The molecule has 1 atom stereocenters. The molecule has 0 fully saturated rings. The van der Waals surface area contributed by atoms with Crippen LogP contribution in [0.1, 0.15) is 18.8 Å². The number of carbonyl (C=O) groups is 1. The van der Waals surface area contributed by atoms with Gasteiger partial charge >= 0.3 is 6.09 Å². The van der Waals surface area contributed by atoms with Gasteiger partial charge in [-0.3, -0.25) is 0 Å². The highest BCUT2D eigenvalue weighted by Gasteiger charge is 2.14. The zero-order chi connectivity index (χ0) is 13.0. The first-order chi connectivity index (χ1) is 8.66. The Kier molecular flexibility index (Phi) is 3.62. The van der Waals surface area contributed by atoms with Gasteiger partial charge in [0.1, 0.15) is 11.6 Å². The van der Waals surface area contributed by atoms with E-state index in [9.17, 15) is 4.79 Å². The standard InChI is InChI=1S/C13H15N3O2/c1-10(12-14-8-9-16(12)2)15-13(17)18-11-6-4-3-5-7-11/h3-10H,1-2H3,(H,15,17). The molecule has 5 nitrogen and oxygen atoms in total. The third-order valence-corrected chi connectivity index (χ3v) is 2.53. The topological polar surface area (TPSA) is 56.1 Å². The van der Waals surface area contributed by atoms with Gasteiger partial charge in [-0.2, -0.15) is 0 Å². The van der Waals surface area contributed by atoms with Crippen molar-refractivity contribution in [3.05, 3.63) is 48.5 Å². The first kappa shape index (κ1) is 12.2. The predicted octanol–water partition coefficient (Wildman–Crippen LogP) is 2.27. The van der Waals surface area contributed by atoms with E-state index in [1.54, 1.807) is 18.3 Å². The summed E-state index contributed by atoms with van der Waals surface area (Å²) in [5.74, 6) is 1.29. The lowest BCUT2D eigenvalue weighted by Gasteiger charge is -2.13. The molecule has 0 radical (unpaired) electrons. The van der Waals surface area contributed by atoms with Gasteiger partial charge in [-0.05, 0) is 19.1 Å². The molecule has 0 saturated heterocycles. The molecular formula is C13H15N3O2. The Morgan fingerprint density at radius 2 is 2.11 bits per heavy atom. The van der Waals surface area contributed by atoms with Gasteiger partial charge in [0.15, 0.2) is 0 Å². The van der Waals surface area contributed by atoms with Gasteiger partial charge in [0.2, 0.25) is 0 Å². The van der Waals surface area contributed by atoms with Crippen LogP contribution in [0.3, 0.4) is 0 Å². The third kappa shape index (κ3) is 2.88. The summed E-state index contributed by atoms with van der Waals surface area (Å²) in [7, 11) is 1.88.